The minimum Gasteiger partial charge on any atom is -0.445 e. The van der Waals surface area contributed by atoms with Crippen molar-refractivity contribution < 1.29 is 17.7 Å². The molecule has 0 heterocycles. The Labute approximate surface area is 83.4 Å². The molecular formula is C9H17BF3O-. The van der Waals surface area contributed by atoms with Crippen molar-refractivity contribution in [1.29, 1.82) is 0 Å². The lowest BCUT2D eigenvalue weighted by molar-refractivity contribution is 0.127. The molecule has 0 fully saturated rings. The van der Waals surface area contributed by atoms with Gasteiger partial charge in [0, 0.05) is 13.2 Å². The molecule has 14 heavy (non-hydrogen) atoms. The Morgan fingerprint density at radius 1 is 1.29 bits per heavy atom. The molecule has 0 rings (SSSR count). The molecule has 0 aliphatic heterocycles. The maximum atomic E-state index is 12.0. The van der Waals surface area contributed by atoms with Crippen molar-refractivity contribution in [3.05, 3.63) is 12.1 Å². The lowest BCUT2D eigenvalue weighted by Gasteiger charge is -2.20. The summed E-state index contributed by atoms with van der Waals surface area (Å²) in [5.74, 6) is 0. The molecule has 0 saturated heterocycles. The average molecular weight is 209 g/mol. The van der Waals surface area contributed by atoms with Crippen LogP contribution in [-0.4, -0.2) is 20.2 Å². The molecule has 0 unspecified atom stereocenters. The number of rotatable bonds is 5. The van der Waals surface area contributed by atoms with Crippen LogP contribution in [0.5, 0.6) is 0 Å². The predicted molar refractivity (Wildman–Crippen MR) is 53.1 cm³/mol. The molecule has 0 aliphatic rings. The summed E-state index contributed by atoms with van der Waals surface area (Å²) in [6.45, 7) is 3.98. The third kappa shape index (κ3) is 7.01. The standard InChI is InChI=1S/C9H17BF3O/c1-8(10(11,12)13)7-14-6-5-9(2,3)4/h1,5-7H2,2-4H3/q-1. The van der Waals surface area contributed by atoms with Crippen molar-refractivity contribution >= 4 is 6.98 Å². The molecule has 0 aromatic carbocycles. The molecule has 0 bridgehead atoms. The van der Waals surface area contributed by atoms with Gasteiger partial charge in [-0.1, -0.05) is 20.8 Å². The number of halogens is 3. The third-order valence-electron chi connectivity index (χ3n) is 1.75. The lowest BCUT2D eigenvalue weighted by Crippen LogP contribution is -2.23. The molecule has 0 aromatic rings. The zero-order valence-electron chi connectivity index (χ0n) is 8.95. The summed E-state index contributed by atoms with van der Waals surface area (Å²) in [4.78, 5) is 0. The van der Waals surface area contributed by atoms with Crippen molar-refractivity contribution in [2.24, 2.45) is 5.41 Å². The molecule has 0 aliphatic carbocycles. The van der Waals surface area contributed by atoms with Crippen molar-refractivity contribution in [1.82, 2.24) is 0 Å². The summed E-state index contributed by atoms with van der Waals surface area (Å²) in [5, 5.41) is 0. The first-order valence-electron chi connectivity index (χ1n) is 4.58. The van der Waals surface area contributed by atoms with Crippen LogP contribution >= 0.6 is 0 Å². The Morgan fingerprint density at radius 2 is 1.79 bits per heavy atom. The summed E-state index contributed by atoms with van der Waals surface area (Å²) in [6.07, 6.45) is 0.741. The Bertz CT molecular complexity index is 193. The first-order valence-corrected chi connectivity index (χ1v) is 4.58. The minimum atomic E-state index is -4.94. The van der Waals surface area contributed by atoms with Gasteiger partial charge in [0.25, 0.3) is 0 Å². The summed E-state index contributed by atoms with van der Waals surface area (Å²) in [5.41, 5.74) is -0.677. The quantitative estimate of drug-likeness (QED) is 0.498. The van der Waals surface area contributed by atoms with E-state index in [-0.39, 0.29) is 5.41 Å². The van der Waals surface area contributed by atoms with Gasteiger partial charge in [0.1, 0.15) is 0 Å². The van der Waals surface area contributed by atoms with Crippen molar-refractivity contribution in [3.63, 3.8) is 0 Å². The van der Waals surface area contributed by atoms with Crippen LogP contribution in [0.3, 0.4) is 0 Å². The van der Waals surface area contributed by atoms with E-state index in [1.807, 2.05) is 20.8 Å². The first kappa shape index (κ1) is 13.6. The van der Waals surface area contributed by atoms with E-state index in [0.29, 0.717) is 6.61 Å². The van der Waals surface area contributed by atoms with Gasteiger partial charge in [-0.2, -0.15) is 0 Å². The Kier molecular flexibility index (Phi) is 4.71. The topological polar surface area (TPSA) is 9.23 Å². The summed E-state index contributed by atoms with van der Waals surface area (Å²) in [7, 11) is 0. The molecule has 0 N–H and O–H groups in total. The minimum absolute atomic E-state index is 0.0880. The highest BCUT2D eigenvalue weighted by molar-refractivity contribution is 6.66. The zero-order chi connectivity index (χ0) is 11.4. The number of ether oxygens (including phenoxy) is 1. The highest BCUT2D eigenvalue weighted by Gasteiger charge is 2.26. The van der Waals surface area contributed by atoms with Crippen molar-refractivity contribution in [3.8, 4) is 0 Å². The van der Waals surface area contributed by atoms with Crippen LogP contribution in [0.25, 0.3) is 0 Å². The fourth-order valence-corrected chi connectivity index (χ4v) is 0.676. The maximum Gasteiger partial charge on any atom is 0.507 e. The maximum absolute atomic E-state index is 12.0. The van der Waals surface area contributed by atoms with Crippen LogP contribution < -0.4 is 0 Å². The SMILES string of the molecule is C=C(COCCC(C)(C)C)[B-](F)(F)F. The monoisotopic (exact) mass is 209 g/mol. The number of hydrogen-bond donors (Lipinski definition) is 0. The molecule has 0 spiro atoms. The molecule has 0 radical (unpaired) electrons. The van der Waals surface area contributed by atoms with Gasteiger partial charge in [0.05, 0.1) is 0 Å². The molecule has 0 saturated carbocycles. The van der Waals surface area contributed by atoms with Gasteiger partial charge < -0.3 is 17.7 Å². The lowest BCUT2D eigenvalue weighted by atomic mass is 9.81. The van der Waals surface area contributed by atoms with E-state index < -0.39 is 19.1 Å². The van der Waals surface area contributed by atoms with Crippen LogP contribution in [0.4, 0.5) is 12.9 Å². The zero-order valence-corrected chi connectivity index (χ0v) is 8.95. The second-order valence-electron chi connectivity index (χ2n) is 4.60. The van der Waals surface area contributed by atoms with E-state index in [9.17, 15) is 12.9 Å². The second-order valence-corrected chi connectivity index (χ2v) is 4.60. The highest BCUT2D eigenvalue weighted by Crippen LogP contribution is 2.20. The van der Waals surface area contributed by atoms with Crippen LogP contribution in [0.15, 0.2) is 12.1 Å². The van der Waals surface area contributed by atoms with Gasteiger partial charge in [-0.05, 0) is 11.8 Å². The van der Waals surface area contributed by atoms with Gasteiger partial charge in [-0.3, -0.25) is 0 Å². The Balaban J connectivity index is 3.62. The summed E-state index contributed by atoms with van der Waals surface area (Å²) >= 11 is 0. The van der Waals surface area contributed by atoms with E-state index in [0.717, 1.165) is 6.42 Å². The first-order chi connectivity index (χ1) is 6.13. The molecule has 0 amide bonds. The van der Waals surface area contributed by atoms with Gasteiger partial charge in [0.15, 0.2) is 0 Å². The van der Waals surface area contributed by atoms with Crippen LogP contribution in [-0.2, 0) is 4.74 Å². The summed E-state index contributed by atoms with van der Waals surface area (Å²) < 4.78 is 40.9. The van der Waals surface area contributed by atoms with Gasteiger partial charge in [-0.25, -0.2) is 0 Å². The molecule has 0 aromatic heterocycles. The van der Waals surface area contributed by atoms with E-state index in [4.69, 9.17) is 4.74 Å². The highest BCUT2D eigenvalue weighted by atomic mass is 19.4. The summed E-state index contributed by atoms with van der Waals surface area (Å²) in [6, 6.07) is 0. The normalized spacial score (nSPS) is 13.0. The second kappa shape index (κ2) is 4.87. The third-order valence-corrected chi connectivity index (χ3v) is 1.75. The van der Waals surface area contributed by atoms with Gasteiger partial charge >= 0.3 is 6.98 Å². The molecular weight excluding hydrogens is 192 g/mol. The average Bonchev–Trinajstić information content (AvgIpc) is 1.93. The molecule has 5 heteroatoms. The molecule has 84 valence electrons. The van der Waals surface area contributed by atoms with Crippen molar-refractivity contribution in [2.75, 3.05) is 13.2 Å². The van der Waals surface area contributed by atoms with E-state index >= 15 is 0 Å². The number of hydrogen-bond acceptors (Lipinski definition) is 1. The van der Waals surface area contributed by atoms with Crippen molar-refractivity contribution in [2.45, 2.75) is 27.2 Å². The van der Waals surface area contributed by atoms with Crippen LogP contribution in [0, 0.1) is 5.41 Å². The Hall–Kier alpha value is -0.445. The smallest absolute Gasteiger partial charge is 0.445 e. The van der Waals surface area contributed by atoms with Crippen LogP contribution in [0.1, 0.15) is 27.2 Å². The Morgan fingerprint density at radius 3 is 2.14 bits per heavy atom. The fraction of sp³-hybridized carbons (Fsp3) is 0.778. The van der Waals surface area contributed by atoms with Gasteiger partial charge in [0.2, 0.25) is 0 Å². The molecule has 0 atom stereocenters. The van der Waals surface area contributed by atoms with E-state index in [2.05, 4.69) is 6.58 Å². The largest absolute Gasteiger partial charge is 0.507 e. The van der Waals surface area contributed by atoms with Crippen LogP contribution in [0.2, 0.25) is 0 Å². The predicted octanol–water partition coefficient (Wildman–Crippen LogP) is 3.38. The fourth-order valence-electron chi connectivity index (χ4n) is 0.676. The van der Waals surface area contributed by atoms with E-state index in [1.165, 1.54) is 0 Å². The van der Waals surface area contributed by atoms with E-state index in [1.54, 1.807) is 0 Å². The van der Waals surface area contributed by atoms with Gasteiger partial charge in [-0.15, -0.1) is 12.1 Å². The molecule has 1 nitrogen and oxygen atoms in total.